The van der Waals surface area contributed by atoms with E-state index in [1.54, 1.807) is 0 Å². The summed E-state index contributed by atoms with van der Waals surface area (Å²) in [6, 6.07) is 21.0. The normalized spacial score (nSPS) is 11.1. The van der Waals surface area contributed by atoms with Crippen LogP contribution in [-0.2, 0) is 6.54 Å². The Morgan fingerprint density at radius 2 is 1.36 bits per heavy atom. The van der Waals surface area contributed by atoms with Gasteiger partial charge < -0.3 is 9.80 Å². The molecule has 25 heavy (non-hydrogen) atoms. The van der Waals surface area contributed by atoms with Crippen molar-refractivity contribution in [2.45, 2.75) is 6.54 Å². The fourth-order valence-electron chi connectivity index (χ4n) is 3.00. The van der Waals surface area contributed by atoms with Gasteiger partial charge in [-0.05, 0) is 14.1 Å². The molecule has 0 saturated heterocycles. The highest BCUT2D eigenvalue weighted by atomic mass is 15.3. The second kappa shape index (κ2) is 7.53. The van der Waals surface area contributed by atoms with Gasteiger partial charge in [0.05, 0.1) is 17.9 Å². The highest BCUT2D eigenvalue weighted by Gasteiger charge is 2.21. The summed E-state index contributed by atoms with van der Waals surface area (Å²) in [5, 5.41) is 5.00. The summed E-state index contributed by atoms with van der Waals surface area (Å²) in [6.07, 6.45) is 0. The number of hydrogen-bond donors (Lipinski definition) is 0. The molecule has 0 radical (unpaired) electrons. The summed E-state index contributed by atoms with van der Waals surface area (Å²) >= 11 is 0. The summed E-state index contributed by atoms with van der Waals surface area (Å²) < 4.78 is 2.15. The molecule has 0 aliphatic rings. The van der Waals surface area contributed by atoms with Crippen LogP contribution in [0, 0.1) is 0 Å². The third-order valence-corrected chi connectivity index (χ3v) is 4.23. The van der Waals surface area contributed by atoms with E-state index in [1.807, 2.05) is 6.07 Å². The van der Waals surface area contributed by atoms with Crippen LogP contribution in [-0.4, -0.2) is 49.4 Å². The molecule has 0 N–H and O–H groups in total. The molecule has 3 aromatic rings. The molecule has 4 nitrogen and oxygen atoms in total. The van der Waals surface area contributed by atoms with Gasteiger partial charge in [0.2, 0.25) is 0 Å². The summed E-state index contributed by atoms with van der Waals surface area (Å²) in [5.74, 6) is 0. The van der Waals surface area contributed by atoms with Crippen LogP contribution in [0.15, 0.2) is 60.7 Å². The Morgan fingerprint density at radius 1 is 0.800 bits per heavy atom. The molecule has 0 saturated carbocycles. The van der Waals surface area contributed by atoms with Crippen LogP contribution in [0.25, 0.3) is 22.5 Å². The van der Waals surface area contributed by atoms with Crippen LogP contribution in [0.4, 0.5) is 5.69 Å². The molecule has 0 atom stereocenters. The summed E-state index contributed by atoms with van der Waals surface area (Å²) in [4.78, 5) is 4.36. The maximum atomic E-state index is 5.00. The van der Waals surface area contributed by atoms with Gasteiger partial charge in [-0.15, -0.1) is 0 Å². The van der Waals surface area contributed by atoms with Gasteiger partial charge >= 0.3 is 0 Å². The molecule has 4 heteroatoms. The second-order valence-electron chi connectivity index (χ2n) is 6.70. The molecular formula is C21H26N4. The van der Waals surface area contributed by atoms with E-state index in [0.29, 0.717) is 0 Å². The second-order valence-corrected chi connectivity index (χ2v) is 6.70. The zero-order valence-electron chi connectivity index (χ0n) is 15.5. The van der Waals surface area contributed by atoms with Gasteiger partial charge in [-0.2, -0.15) is 5.10 Å². The van der Waals surface area contributed by atoms with Crippen molar-refractivity contribution in [3.05, 3.63) is 60.7 Å². The molecule has 3 rings (SSSR count). The quantitative estimate of drug-likeness (QED) is 0.684. The van der Waals surface area contributed by atoms with Crippen LogP contribution in [0.2, 0.25) is 0 Å². The molecule has 0 spiro atoms. The first kappa shape index (κ1) is 17.2. The fraction of sp³-hybridized carbons (Fsp3) is 0.286. The van der Waals surface area contributed by atoms with Crippen molar-refractivity contribution in [2.75, 3.05) is 39.6 Å². The topological polar surface area (TPSA) is 24.3 Å². The minimum absolute atomic E-state index is 0.852. The minimum Gasteiger partial charge on any atom is -0.374 e. The third-order valence-electron chi connectivity index (χ3n) is 4.23. The lowest BCUT2D eigenvalue weighted by molar-refractivity contribution is 0.375. The van der Waals surface area contributed by atoms with E-state index in [1.165, 1.54) is 11.3 Å². The zero-order chi connectivity index (χ0) is 17.8. The number of likely N-dealkylation sites (N-methyl/N-ethyl adjacent to an activating group) is 1. The molecule has 1 aromatic heterocycles. The first-order valence-corrected chi connectivity index (χ1v) is 8.61. The van der Waals surface area contributed by atoms with Crippen LogP contribution in [0.5, 0.6) is 0 Å². The minimum atomic E-state index is 0.852. The summed E-state index contributed by atoms with van der Waals surface area (Å²) in [6.45, 7) is 1.80. The van der Waals surface area contributed by atoms with Gasteiger partial charge in [-0.3, -0.25) is 4.68 Å². The lowest BCUT2D eigenvalue weighted by atomic mass is 10.1. The van der Waals surface area contributed by atoms with Crippen LogP contribution in [0.1, 0.15) is 0 Å². The number of aromatic nitrogens is 2. The Balaban J connectivity index is 2.20. The van der Waals surface area contributed by atoms with Crippen LogP contribution in [0.3, 0.4) is 0 Å². The van der Waals surface area contributed by atoms with E-state index in [4.69, 9.17) is 5.10 Å². The SMILES string of the molecule is CN(C)CCn1nc(-c2ccccc2)c(N(C)C)c1-c1ccccc1. The van der Waals surface area contributed by atoms with E-state index in [9.17, 15) is 0 Å². The Kier molecular flexibility index (Phi) is 5.19. The van der Waals surface area contributed by atoms with Crippen LogP contribution >= 0.6 is 0 Å². The average Bonchev–Trinajstić information content (AvgIpc) is 3.01. The van der Waals surface area contributed by atoms with Gasteiger partial charge in [0.15, 0.2) is 0 Å². The van der Waals surface area contributed by atoms with Gasteiger partial charge in [0, 0.05) is 31.8 Å². The van der Waals surface area contributed by atoms with E-state index in [0.717, 1.165) is 30.0 Å². The predicted molar refractivity (Wildman–Crippen MR) is 106 cm³/mol. The standard InChI is InChI=1S/C21H26N4/c1-23(2)15-16-25-20(18-13-9-6-10-14-18)21(24(3)4)19(22-25)17-11-7-5-8-12-17/h5-14H,15-16H2,1-4H3. The molecule has 0 unspecified atom stereocenters. The number of nitrogens with zero attached hydrogens (tertiary/aromatic N) is 4. The lowest BCUT2D eigenvalue weighted by Crippen LogP contribution is -2.19. The number of hydrogen-bond acceptors (Lipinski definition) is 3. The molecule has 0 amide bonds. The average molecular weight is 334 g/mol. The van der Waals surface area contributed by atoms with Gasteiger partial charge in [0.1, 0.15) is 5.69 Å². The predicted octanol–water partition coefficient (Wildman–Crippen LogP) is 3.84. The molecule has 0 aliphatic carbocycles. The van der Waals surface area contributed by atoms with Crippen molar-refractivity contribution in [3.8, 4) is 22.5 Å². The molecular weight excluding hydrogens is 308 g/mol. The highest BCUT2D eigenvalue weighted by molar-refractivity contribution is 5.87. The van der Waals surface area contributed by atoms with E-state index >= 15 is 0 Å². The molecule has 0 bridgehead atoms. The largest absolute Gasteiger partial charge is 0.374 e. The van der Waals surface area contributed by atoms with Crippen molar-refractivity contribution in [3.63, 3.8) is 0 Å². The lowest BCUT2D eigenvalue weighted by Gasteiger charge is -2.17. The van der Waals surface area contributed by atoms with Crippen LogP contribution < -0.4 is 4.90 Å². The number of rotatable bonds is 6. The molecule has 2 aromatic carbocycles. The fourth-order valence-corrected chi connectivity index (χ4v) is 3.00. The smallest absolute Gasteiger partial charge is 0.116 e. The molecule has 130 valence electrons. The maximum absolute atomic E-state index is 5.00. The van der Waals surface area contributed by atoms with E-state index < -0.39 is 0 Å². The third kappa shape index (κ3) is 3.74. The number of benzene rings is 2. The van der Waals surface area contributed by atoms with Crippen molar-refractivity contribution in [2.24, 2.45) is 0 Å². The first-order chi connectivity index (χ1) is 12.1. The Morgan fingerprint density at radius 3 is 1.88 bits per heavy atom. The Hall–Kier alpha value is -2.59. The summed E-state index contributed by atoms with van der Waals surface area (Å²) in [5.41, 5.74) is 5.71. The number of anilines is 1. The molecule has 0 aliphatic heterocycles. The maximum Gasteiger partial charge on any atom is 0.116 e. The van der Waals surface area contributed by atoms with E-state index in [2.05, 4.69) is 97.3 Å². The zero-order valence-corrected chi connectivity index (χ0v) is 15.5. The Labute approximate surface area is 150 Å². The van der Waals surface area contributed by atoms with Gasteiger partial charge in [-0.25, -0.2) is 0 Å². The summed E-state index contributed by atoms with van der Waals surface area (Å²) in [7, 11) is 8.37. The van der Waals surface area contributed by atoms with Crippen molar-refractivity contribution < 1.29 is 0 Å². The first-order valence-electron chi connectivity index (χ1n) is 8.61. The van der Waals surface area contributed by atoms with Crippen molar-refractivity contribution in [1.82, 2.24) is 14.7 Å². The van der Waals surface area contributed by atoms with E-state index in [-0.39, 0.29) is 0 Å². The monoisotopic (exact) mass is 334 g/mol. The highest BCUT2D eigenvalue weighted by Crippen LogP contribution is 2.38. The van der Waals surface area contributed by atoms with Gasteiger partial charge in [-0.1, -0.05) is 60.7 Å². The molecule has 1 heterocycles. The van der Waals surface area contributed by atoms with Crippen molar-refractivity contribution >= 4 is 5.69 Å². The van der Waals surface area contributed by atoms with Gasteiger partial charge in [0.25, 0.3) is 0 Å². The Bertz CT molecular complexity index is 805. The van der Waals surface area contributed by atoms with Crippen molar-refractivity contribution in [1.29, 1.82) is 0 Å². The molecule has 0 fully saturated rings.